The van der Waals surface area contributed by atoms with Crippen molar-refractivity contribution in [2.24, 2.45) is 0 Å². The minimum absolute atomic E-state index is 0.119. The Kier molecular flexibility index (Phi) is 4.56. The van der Waals surface area contributed by atoms with E-state index in [1.807, 2.05) is 30.3 Å². The van der Waals surface area contributed by atoms with Crippen LogP contribution in [0.25, 0.3) is 0 Å². The highest BCUT2D eigenvalue weighted by Crippen LogP contribution is 2.38. The standard InChI is InChI=1S/C17H22O4/c1-19-16(18)11-15-17(12-7-3-2-4-8-12)21-14-10-6-5-9-13(14)20-15/h2-4,7-8,13-15,17H,5-6,9-11H2,1H3/t13-,14-,15+,17+/m1/s1. The first-order valence-corrected chi connectivity index (χ1v) is 7.70. The Morgan fingerprint density at radius 1 is 1.14 bits per heavy atom. The first-order valence-electron chi connectivity index (χ1n) is 7.70. The first kappa shape index (κ1) is 14.5. The molecule has 2 fully saturated rings. The summed E-state index contributed by atoms with van der Waals surface area (Å²) in [5.41, 5.74) is 1.07. The molecule has 114 valence electrons. The third-order valence-corrected chi connectivity index (χ3v) is 4.37. The van der Waals surface area contributed by atoms with E-state index >= 15 is 0 Å². The molecular formula is C17H22O4. The average Bonchev–Trinajstić information content (AvgIpc) is 2.55. The van der Waals surface area contributed by atoms with Gasteiger partial charge in [-0.1, -0.05) is 43.2 Å². The van der Waals surface area contributed by atoms with Crippen LogP contribution in [-0.2, 0) is 19.0 Å². The van der Waals surface area contributed by atoms with Gasteiger partial charge in [0.2, 0.25) is 0 Å². The van der Waals surface area contributed by atoms with Crippen molar-refractivity contribution in [3.8, 4) is 0 Å². The quantitative estimate of drug-likeness (QED) is 0.803. The van der Waals surface area contributed by atoms with E-state index in [0.717, 1.165) is 18.4 Å². The Labute approximate surface area is 125 Å². The molecule has 4 nitrogen and oxygen atoms in total. The number of rotatable bonds is 3. The molecule has 4 heteroatoms. The summed E-state index contributed by atoms with van der Waals surface area (Å²) in [4.78, 5) is 11.7. The molecule has 1 heterocycles. The van der Waals surface area contributed by atoms with Gasteiger partial charge in [0.1, 0.15) is 6.10 Å². The SMILES string of the molecule is COC(=O)C[C@@H]1O[C@@H]2CCCC[C@H]2O[C@H]1c1ccccc1. The van der Waals surface area contributed by atoms with Gasteiger partial charge in [0.15, 0.2) is 0 Å². The van der Waals surface area contributed by atoms with Crippen molar-refractivity contribution in [2.75, 3.05) is 7.11 Å². The molecule has 0 radical (unpaired) electrons. The topological polar surface area (TPSA) is 44.8 Å². The Balaban J connectivity index is 1.80. The maximum Gasteiger partial charge on any atom is 0.308 e. The maximum atomic E-state index is 11.7. The molecule has 0 spiro atoms. The van der Waals surface area contributed by atoms with E-state index in [1.54, 1.807) is 0 Å². The van der Waals surface area contributed by atoms with E-state index in [4.69, 9.17) is 14.2 Å². The molecule has 1 aromatic carbocycles. The van der Waals surface area contributed by atoms with Crippen LogP contribution in [0, 0.1) is 0 Å². The van der Waals surface area contributed by atoms with Gasteiger partial charge in [-0.2, -0.15) is 0 Å². The van der Waals surface area contributed by atoms with Crippen LogP contribution in [-0.4, -0.2) is 31.4 Å². The van der Waals surface area contributed by atoms with Crippen LogP contribution in [0.1, 0.15) is 43.8 Å². The maximum absolute atomic E-state index is 11.7. The first-order chi connectivity index (χ1) is 10.3. The van der Waals surface area contributed by atoms with Gasteiger partial charge in [0.25, 0.3) is 0 Å². The van der Waals surface area contributed by atoms with Gasteiger partial charge >= 0.3 is 5.97 Å². The lowest BCUT2D eigenvalue weighted by atomic mass is 9.90. The predicted octanol–water partition coefficient (Wildman–Crippen LogP) is 3.02. The summed E-state index contributed by atoms with van der Waals surface area (Å²) in [6, 6.07) is 10.0. The van der Waals surface area contributed by atoms with E-state index in [1.165, 1.54) is 20.0 Å². The Morgan fingerprint density at radius 2 is 1.81 bits per heavy atom. The minimum atomic E-state index is -0.265. The Hall–Kier alpha value is -1.39. The second kappa shape index (κ2) is 6.58. The van der Waals surface area contributed by atoms with Gasteiger partial charge in [-0.15, -0.1) is 0 Å². The molecule has 4 atom stereocenters. The normalized spacial score (nSPS) is 32.2. The number of ether oxygens (including phenoxy) is 3. The van der Waals surface area contributed by atoms with Crippen LogP contribution < -0.4 is 0 Å². The number of carbonyl (C=O) groups is 1. The Morgan fingerprint density at radius 3 is 2.48 bits per heavy atom. The highest BCUT2D eigenvalue weighted by atomic mass is 16.6. The van der Waals surface area contributed by atoms with Crippen molar-refractivity contribution in [2.45, 2.75) is 56.5 Å². The number of carbonyl (C=O) groups excluding carboxylic acids is 1. The van der Waals surface area contributed by atoms with Crippen molar-refractivity contribution in [1.82, 2.24) is 0 Å². The number of hydrogen-bond donors (Lipinski definition) is 0. The third kappa shape index (κ3) is 3.27. The number of benzene rings is 1. The van der Waals surface area contributed by atoms with Gasteiger partial charge < -0.3 is 14.2 Å². The molecule has 21 heavy (non-hydrogen) atoms. The van der Waals surface area contributed by atoms with Gasteiger partial charge in [-0.3, -0.25) is 4.79 Å². The highest BCUT2D eigenvalue weighted by molar-refractivity contribution is 5.69. The molecule has 0 bridgehead atoms. The van der Waals surface area contributed by atoms with Gasteiger partial charge in [-0.05, 0) is 18.4 Å². The molecule has 3 rings (SSSR count). The average molecular weight is 290 g/mol. The van der Waals surface area contributed by atoms with Crippen molar-refractivity contribution in [3.05, 3.63) is 35.9 Å². The van der Waals surface area contributed by atoms with Crippen LogP contribution in [0.5, 0.6) is 0 Å². The zero-order chi connectivity index (χ0) is 14.7. The molecule has 0 N–H and O–H groups in total. The van der Waals surface area contributed by atoms with Crippen LogP contribution in [0.2, 0.25) is 0 Å². The monoisotopic (exact) mass is 290 g/mol. The zero-order valence-electron chi connectivity index (χ0n) is 12.4. The second-order valence-electron chi connectivity index (χ2n) is 5.78. The van der Waals surface area contributed by atoms with Gasteiger partial charge in [0, 0.05) is 0 Å². The number of esters is 1. The second-order valence-corrected chi connectivity index (χ2v) is 5.78. The third-order valence-electron chi connectivity index (χ3n) is 4.37. The zero-order valence-corrected chi connectivity index (χ0v) is 12.4. The molecule has 1 aliphatic carbocycles. The molecule has 0 unspecified atom stereocenters. The summed E-state index contributed by atoms with van der Waals surface area (Å²) < 4.78 is 17.3. The minimum Gasteiger partial charge on any atom is -0.469 e. The van der Waals surface area contributed by atoms with Gasteiger partial charge in [-0.25, -0.2) is 0 Å². The smallest absolute Gasteiger partial charge is 0.308 e. The van der Waals surface area contributed by atoms with Crippen molar-refractivity contribution in [1.29, 1.82) is 0 Å². The fraction of sp³-hybridized carbons (Fsp3) is 0.588. The fourth-order valence-electron chi connectivity index (χ4n) is 3.28. The Bertz CT molecular complexity index is 473. The van der Waals surface area contributed by atoms with E-state index in [2.05, 4.69) is 0 Å². The summed E-state index contributed by atoms with van der Waals surface area (Å²) in [5.74, 6) is -0.251. The summed E-state index contributed by atoms with van der Waals surface area (Å²) in [7, 11) is 1.41. The lowest BCUT2D eigenvalue weighted by molar-refractivity contribution is -0.235. The van der Waals surface area contributed by atoms with Crippen LogP contribution in [0.3, 0.4) is 0 Å². The van der Waals surface area contributed by atoms with Crippen LogP contribution in [0.15, 0.2) is 30.3 Å². The van der Waals surface area contributed by atoms with E-state index in [9.17, 15) is 4.79 Å². The predicted molar refractivity (Wildman–Crippen MR) is 77.8 cm³/mol. The molecule has 2 aliphatic rings. The lowest BCUT2D eigenvalue weighted by Crippen LogP contribution is -2.47. The summed E-state index contributed by atoms with van der Waals surface area (Å²) in [6.45, 7) is 0. The molecule has 1 saturated carbocycles. The highest BCUT2D eigenvalue weighted by Gasteiger charge is 2.41. The van der Waals surface area contributed by atoms with Crippen LogP contribution >= 0.6 is 0 Å². The van der Waals surface area contributed by atoms with Gasteiger partial charge in [0.05, 0.1) is 31.8 Å². The van der Waals surface area contributed by atoms with E-state index in [-0.39, 0.29) is 36.8 Å². The number of hydrogen-bond acceptors (Lipinski definition) is 4. The fourth-order valence-corrected chi connectivity index (χ4v) is 3.28. The lowest BCUT2D eigenvalue weighted by Gasteiger charge is -2.44. The van der Waals surface area contributed by atoms with Crippen molar-refractivity contribution in [3.63, 3.8) is 0 Å². The summed E-state index contributed by atoms with van der Waals surface area (Å²) in [6.07, 6.45) is 4.47. The van der Waals surface area contributed by atoms with Crippen LogP contribution in [0.4, 0.5) is 0 Å². The molecule has 0 amide bonds. The van der Waals surface area contributed by atoms with Crippen molar-refractivity contribution < 1.29 is 19.0 Å². The molecular weight excluding hydrogens is 268 g/mol. The van der Waals surface area contributed by atoms with E-state index < -0.39 is 0 Å². The van der Waals surface area contributed by atoms with E-state index in [0.29, 0.717) is 0 Å². The summed E-state index contributed by atoms with van der Waals surface area (Å²) in [5, 5.41) is 0. The molecule has 1 aromatic rings. The molecule has 1 saturated heterocycles. The molecule has 0 aromatic heterocycles. The number of methoxy groups -OCH3 is 1. The number of fused-ring (bicyclic) bond motifs is 1. The van der Waals surface area contributed by atoms with Crippen molar-refractivity contribution >= 4 is 5.97 Å². The summed E-state index contributed by atoms with van der Waals surface area (Å²) >= 11 is 0. The molecule has 1 aliphatic heterocycles. The largest absolute Gasteiger partial charge is 0.469 e.